The fourth-order valence-electron chi connectivity index (χ4n) is 2.07. The van der Waals surface area contributed by atoms with Crippen LogP contribution < -0.4 is 5.73 Å². The highest BCUT2D eigenvalue weighted by Crippen LogP contribution is 2.36. The Bertz CT molecular complexity index is 716. The van der Waals surface area contributed by atoms with Crippen molar-refractivity contribution in [2.45, 2.75) is 0 Å². The zero-order valence-corrected chi connectivity index (χ0v) is 10.3. The van der Waals surface area contributed by atoms with Crippen molar-refractivity contribution in [1.29, 1.82) is 0 Å². The van der Waals surface area contributed by atoms with Crippen molar-refractivity contribution < 1.29 is 8.81 Å². The number of nitrogens with two attached hydrogens (primary N) is 1. The average Bonchev–Trinajstić information content (AvgIpc) is 2.99. The quantitative estimate of drug-likeness (QED) is 0.767. The van der Waals surface area contributed by atoms with Crippen molar-refractivity contribution in [1.82, 2.24) is 9.78 Å². The lowest BCUT2D eigenvalue weighted by molar-refractivity contribution is 0.568. The van der Waals surface area contributed by atoms with E-state index in [0.29, 0.717) is 22.6 Å². The van der Waals surface area contributed by atoms with Gasteiger partial charge in [0.1, 0.15) is 17.3 Å². The Hall–Kier alpha value is -2.56. The Morgan fingerprint density at radius 1 is 1.26 bits per heavy atom. The summed E-state index contributed by atoms with van der Waals surface area (Å²) in [4.78, 5) is 0. The van der Waals surface area contributed by atoms with Gasteiger partial charge in [-0.1, -0.05) is 12.1 Å². The third-order valence-electron chi connectivity index (χ3n) is 3.00. The monoisotopic (exact) mass is 257 g/mol. The van der Waals surface area contributed by atoms with Gasteiger partial charge >= 0.3 is 0 Å². The van der Waals surface area contributed by atoms with Crippen molar-refractivity contribution >= 4 is 5.82 Å². The molecule has 4 nitrogen and oxygen atoms in total. The molecule has 2 N–H and O–H groups in total. The van der Waals surface area contributed by atoms with Crippen LogP contribution in [0.2, 0.25) is 0 Å². The first-order valence-electron chi connectivity index (χ1n) is 5.78. The van der Waals surface area contributed by atoms with Gasteiger partial charge < -0.3 is 10.2 Å². The fraction of sp³-hybridized carbons (Fsp3) is 0.0714. The van der Waals surface area contributed by atoms with Crippen molar-refractivity contribution in [3.8, 4) is 22.4 Å². The van der Waals surface area contributed by atoms with E-state index in [9.17, 15) is 4.39 Å². The smallest absolute Gasteiger partial charge is 0.129 e. The van der Waals surface area contributed by atoms with Crippen LogP contribution in [-0.2, 0) is 7.05 Å². The summed E-state index contributed by atoms with van der Waals surface area (Å²) in [5.74, 6) is 0.181. The van der Waals surface area contributed by atoms with E-state index < -0.39 is 0 Å². The van der Waals surface area contributed by atoms with Gasteiger partial charge in [-0.05, 0) is 23.8 Å². The number of furan rings is 1. The van der Waals surface area contributed by atoms with E-state index in [2.05, 4.69) is 5.10 Å². The molecule has 3 aromatic rings. The SMILES string of the molecule is Cn1nc(-c2ccoc2)c(-c2cccc(F)c2)c1N. The molecule has 96 valence electrons. The maximum absolute atomic E-state index is 13.4. The first-order valence-corrected chi connectivity index (χ1v) is 5.78. The normalized spacial score (nSPS) is 10.8. The van der Waals surface area contributed by atoms with Crippen LogP contribution >= 0.6 is 0 Å². The highest BCUT2D eigenvalue weighted by atomic mass is 19.1. The summed E-state index contributed by atoms with van der Waals surface area (Å²) in [5, 5.41) is 4.37. The molecule has 0 unspecified atom stereocenters. The number of hydrogen-bond acceptors (Lipinski definition) is 3. The van der Waals surface area contributed by atoms with Crippen LogP contribution in [0.25, 0.3) is 22.4 Å². The fourth-order valence-corrected chi connectivity index (χ4v) is 2.07. The number of aromatic nitrogens is 2. The van der Waals surface area contributed by atoms with Gasteiger partial charge in [0, 0.05) is 12.6 Å². The topological polar surface area (TPSA) is 57.0 Å². The van der Waals surface area contributed by atoms with Gasteiger partial charge in [-0.15, -0.1) is 0 Å². The van der Waals surface area contributed by atoms with Gasteiger partial charge in [-0.2, -0.15) is 5.10 Å². The van der Waals surface area contributed by atoms with E-state index in [1.54, 1.807) is 42.5 Å². The molecule has 0 saturated carbocycles. The number of rotatable bonds is 2. The summed E-state index contributed by atoms with van der Waals surface area (Å²) in [6, 6.07) is 8.09. The molecule has 2 heterocycles. The second kappa shape index (κ2) is 4.28. The third-order valence-corrected chi connectivity index (χ3v) is 3.00. The molecule has 0 saturated heterocycles. The third kappa shape index (κ3) is 1.89. The second-order valence-electron chi connectivity index (χ2n) is 4.25. The van der Waals surface area contributed by atoms with Gasteiger partial charge in [0.25, 0.3) is 0 Å². The highest BCUT2D eigenvalue weighted by Gasteiger charge is 2.18. The first-order chi connectivity index (χ1) is 9.16. The van der Waals surface area contributed by atoms with Crippen molar-refractivity contribution in [3.05, 3.63) is 48.7 Å². The van der Waals surface area contributed by atoms with Crippen LogP contribution in [0.3, 0.4) is 0 Å². The molecule has 5 heteroatoms. The minimum absolute atomic E-state index is 0.307. The molecule has 3 rings (SSSR count). The van der Waals surface area contributed by atoms with Gasteiger partial charge in [0.15, 0.2) is 0 Å². The van der Waals surface area contributed by atoms with Crippen LogP contribution in [-0.4, -0.2) is 9.78 Å². The van der Waals surface area contributed by atoms with Gasteiger partial charge in [0.2, 0.25) is 0 Å². The standard InChI is InChI=1S/C14H12FN3O/c1-18-14(16)12(9-3-2-4-11(15)7-9)13(17-18)10-5-6-19-8-10/h2-8H,16H2,1H3. The molecule has 19 heavy (non-hydrogen) atoms. The molecule has 1 aromatic carbocycles. The number of anilines is 1. The van der Waals surface area contributed by atoms with E-state index in [4.69, 9.17) is 10.2 Å². The molecular weight excluding hydrogens is 245 g/mol. The molecule has 0 bridgehead atoms. The summed E-state index contributed by atoms with van der Waals surface area (Å²) in [7, 11) is 1.75. The number of nitrogens with zero attached hydrogens (tertiary/aromatic N) is 2. The van der Waals surface area contributed by atoms with Crippen LogP contribution in [0.1, 0.15) is 0 Å². The zero-order valence-electron chi connectivity index (χ0n) is 10.3. The van der Waals surface area contributed by atoms with Crippen LogP contribution in [0.4, 0.5) is 10.2 Å². The molecule has 0 atom stereocenters. The number of nitrogen functional groups attached to an aromatic ring is 1. The number of benzene rings is 1. The van der Waals surface area contributed by atoms with E-state index in [-0.39, 0.29) is 5.82 Å². The second-order valence-corrected chi connectivity index (χ2v) is 4.25. The van der Waals surface area contributed by atoms with Gasteiger partial charge in [-0.3, -0.25) is 4.68 Å². The molecule has 0 aliphatic rings. The van der Waals surface area contributed by atoms with E-state index in [1.165, 1.54) is 12.1 Å². The Balaban J connectivity index is 2.26. The van der Waals surface area contributed by atoms with E-state index >= 15 is 0 Å². The lowest BCUT2D eigenvalue weighted by atomic mass is 10.0. The summed E-state index contributed by atoms with van der Waals surface area (Å²) in [5.41, 5.74) is 8.94. The van der Waals surface area contributed by atoms with Crippen LogP contribution in [0, 0.1) is 5.82 Å². The lowest BCUT2D eigenvalue weighted by Crippen LogP contribution is -1.98. The summed E-state index contributed by atoms with van der Waals surface area (Å²) in [6.07, 6.45) is 3.15. The maximum atomic E-state index is 13.4. The van der Waals surface area contributed by atoms with Crippen molar-refractivity contribution in [2.75, 3.05) is 5.73 Å². The molecule has 0 spiro atoms. The number of hydrogen-bond donors (Lipinski definition) is 1. The predicted molar refractivity (Wildman–Crippen MR) is 70.7 cm³/mol. The Kier molecular flexibility index (Phi) is 2.59. The maximum Gasteiger partial charge on any atom is 0.129 e. The molecule has 0 radical (unpaired) electrons. The molecule has 0 aliphatic carbocycles. The van der Waals surface area contributed by atoms with Gasteiger partial charge in [-0.25, -0.2) is 4.39 Å². The molecular formula is C14H12FN3O. The molecule has 0 fully saturated rings. The summed E-state index contributed by atoms with van der Waals surface area (Å²) < 4.78 is 20.0. The summed E-state index contributed by atoms with van der Waals surface area (Å²) >= 11 is 0. The largest absolute Gasteiger partial charge is 0.472 e. The number of aryl methyl sites for hydroxylation is 1. The Labute approximate surface area is 109 Å². The zero-order chi connectivity index (χ0) is 13.4. The van der Waals surface area contributed by atoms with E-state index in [0.717, 1.165) is 5.56 Å². The van der Waals surface area contributed by atoms with Crippen LogP contribution in [0.15, 0.2) is 47.3 Å². The average molecular weight is 257 g/mol. The Morgan fingerprint density at radius 3 is 2.79 bits per heavy atom. The van der Waals surface area contributed by atoms with Crippen LogP contribution in [0.5, 0.6) is 0 Å². The Morgan fingerprint density at radius 2 is 2.11 bits per heavy atom. The minimum Gasteiger partial charge on any atom is -0.472 e. The van der Waals surface area contributed by atoms with Crippen molar-refractivity contribution in [3.63, 3.8) is 0 Å². The van der Waals surface area contributed by atoms with E-state index in [1.807, 2.05) is 0 Å². The first kappa shape index (κ1) is 11.5. The number of halogens is 1. The van der Waals surface area contributed by atoms with Gasteiger partial charge in [0.05, 0.1) is 18.1 Å². The highest BCUT2D eigenvalue weighted by molar-refractivity contribution is 5.87. The summed E-state index contributed by atoms with van der Waals surface area (Å²) in [6.45, 7) is 0. The predicted octanol–water partition coefficient (Wildman–Crippen LogP) is 3.07. The van der Waals surface area contributed by atoms with Crippen molar-refractivity contribution in [2.24, 2.45) is 7.05 Å². The molecule has 2 aromatic heterocycles. The lowest BCUT2D eigenvalue weighted by Gasteiger charge is -2.03. The minimum atomic E-state index is -0.307. The molecule has 0 amide bonds. The molecule has 0 aliphatic heterocycles.